The number of carbonyl (C=O) groups excluding carboxylic acids is 1. The van der Waals surface area contributed by atoms with Gasteiger partial charge in [-0.25, -0.2) is 0 Å². The molecule has 0 spiro atoms. The van der Waals surface area contributed by atoms with Crippen LogP contribution in [0.4, 0.5) is 5.69 Å². The molecule has 0 bridgehead atoms. The van der Waals surface area contributed by atoms with Crippen LogP contribution in [-0.2, 0) is 4.79 Å². The Labute approximate surface area is 170 Å². The molecule has 4 nitrogen and oxygen atoms in total. The predicted molar refractivity (Wildman–Crippen MR) is 113 cm³/mol. The number of ether oxygens (including phenoxy) is 1. The van der Waals surface area contributed by atoms with Crippen molar-refractivity contribution < 1.29 is 14.8 Å². The molecule has 0 heterocycles. The van der Waals surface area contributed by atoms with E-state index in [9.17, 15) is 4.79 Å². The van der Waals surface area contributed by atoms with Crippen molar-refractivity contribution >= 4 is 23.2 Å². The van der Waals surface area contributed by atoms with Gasteiger partial charge in [0, 0.05) is 16.1 Å². The lowest BCUT2D eigenvalue weighted by atomic mass is 9.98. The van der Waals surface area contributed by atoms with Gasteiger partial charge in [-0.05, 0) is 25.1 Å². The van der Waals surface area contributed by atoms with Gasteiger partial charge in [0.25, 0.3) is 5.91 Å². The summed E-state index contributed by atoms with van der Waals surface area (Å²) >= 11 is 6.04. The molecule has 0 unspecified atom stereocenters. The second kappa shape index (κ2) is 9.40. The molecule has 1 atom stereocenters. The van der Waals surface area contributed by atoms with Crippen LogP contribution in [0.25, 0.3) is 0 Å². The number of methoxy groups -OCH3 is 1. The van der Waals surface area contributed by atoms with Gasteiger partial charge in [0.15, 0.2) is 6.54 Å². The van der Waals surface area contributed by atoms with Crippen LogP contribution in [-0.4, -0.2) is 19.6 Å². The van der Waals surface area contributed by atoms with Gasteiger partial charge in [-0.2, -0.15) is 0 Å². The Morgan fingerprint density at radius 3 is 2.39 bits per heavy atom. The summed E-state index contributed by atoms with van der Waals surface area (Å²) in [6, 6.07) is 23.8. The maximum atomic E-state index is 12.6. The smallest absolute Gasteiger partial charge is 0.279 e. The van der Waals surface area contributed by atoms with Crippen molar-refractivity contribution in [3.05, 3.63) is 94.5 Å². The third-order valence-electron chi connectivity index (χ3n) is 4.57. The number of hydrogen-bond donors (Lipinski definition) is 2. The number of nitrogens with two attached hydrogens (primary N) is 1. The van der Waals surface area contributed by atoms with E-state index in [-0.39, 0.29) is 18.5 Å². The number of amides is 1. The van der Waals surface area contributed by atoms with Crippen molar-refractivity contribution in [2.45, 2.75) is 13.0 Å². The number of aryl methyl sites for hydroxylation is 1. The summed E-state index contributed by atoms with van der Waals surface area (Å²) in [5, 5.41) is 5.47. The topological polar surface area (TPSA) is 54.9 Å². The van der Waals surface area contributed by atoms with Gasteiger partial charge in [-0.1, -0.05) is 71.8 Å². The van der Waals surface area contributed by atoms with Crippen LogP contribution in [0.5, 0.6) is 5.75 Å². The average Bonchev–Trinajstić information content (AvgIpc) is 2.70. The van der Waals surface area contributed by atoms with E-state index in [0.29, 0.717) is 16.5 Å². The van der Waals surface area contributed by atoms with Gasteiger partial charge < -0.3 is 15.4 Å². The lowest BCUT2D eigenvalue weighted by molar-refractivity contribution is -0.676. The standard InChI is InChI=1S/C23H23ClN2O2/c1-16-8-10-18(11-9-16)23(17-6-4-3-5-7-17)25-15-22(27)26-20-14-19(24)12-13-21(20)28-2/h3-14,23,25H,15H2,1-2H3,(H,26,27)/p+1/t23-/m0/s1. The highest BCUT2D eigenvalue weighted by Gasteiger charge is 2.19. The molecule has 3 rings (SSSR count). The monoisotopic (exact) mass is 395 g/mol. The summed E-state index contributed by atoms with van der Waals surface area (Å²) in [5.74, 6) is 0.463. The Kier molecular flexibility index (Phi) is 6.69. The molecule has 0 fully saturated rings. The Balaban J connectivity index is 1.74. The molecule has 3 aromatic carbocycles. The van der Waals surface area contributed by atoms with E-state index >= 15 is 0 Å². The minimum Gasteiger partial charge on any atom is -0.495 e. The Hall–Kier alpha value is -2.82. The van der Waals surface area contributed by atoms with E-state index < -0.39 is 0 Å². The Bertz CT molecular complexity index is 927. The number of benzene rings is 3. The molecule has 0 aliphatic carbocycles. The van der Waals surface area contributed by atoms with Crippen molar-refractivity contribution in [3.63, 3.8) is 0 Å². The molecular weight excluding hydrogens is 372 g/mol. The largest absolute Gasteiger partial charge is 0.495 e. The van der Waals surface area contributed by atoms with Gasteiger partial charge in [-0.3, -0.25) is 4.79 Å². The first-order valence-electron chi connectivity index (χ1n) is 9.15. The van der Waals surface area contributed by atoms with Crippen LogP contribution in [0.2, 0.25) is 5.02 Å². The zero-order valence-electron chi connectivity index (χ0n) is 16.0. The number of hydrogen-bond acceptors (Lipinski definition) is 2. The van der Waals surface area contributed by atoms with Crippen LogP contribution in [0.3, 0.4) is 0 Å². The first kappa shape index (κ1) is 19.9. The number of nitrogens with one attached hydrogen (secondary N) is 1. The molecule has 28 heavy (non-hydrogen) atoms. The number of carbonyl (C=O) groups is 1. The summed E-state index contributed by atoms with van der Waals surface area (Å²) in [6.45, 7) is 2.33. The fourth-order valence-electron chi connectivity index (χ4n) is 3.10. The maximum Gasteiger partial charge on any atom is 0.279 e. The highest BCUT2D eigenvalue weighted by Crippen LogP contribution is 2.27. The fourth-order valence-corrected chi connectivity index (χ4v) is 3.27. The normalized spacial score (nSPS) is 11.7. The second-order valence-corrected chi connectivity index (χ2v) is 7.07. The molecule has 3 aromatic rings. The Morgan fingerprint density at radius 1 is 1.04 bits per heavy atom. The SMILES string of the molecule is COc1ccc(Cl)cc1NC(=O)C[NH2+][C@@H](c1ccccc1)c1ccc(C)cc1. The van der Waals surface area contributed by atoms with E-state index in [2.05, 4.69) is 48.6 Å². The summed E-state index contributed by atoms with van der Waals surface area (Å²) in [6.07, 6.45) is 0. The van der Waals surface area contributed by atoms with Crippen molar-refractivity contribution in [2.24, 2.45) is 0 Å². The molecule has 0 aromatic heterocycles. The molecular formula is C23H24ClN2O2+. The molecule has 0 aliphatic heterocycles. The molecule has 3 N–H and O–H groups in total. The third-order valence-corrected chi connectivity index (χ3v) is 4.80. The minimum atomic E-state index is -0.117. The summed E-state index contributed by atoms with van der Waals surface area (Å²) < 4.78 is 5.29. The van der Waals surface area contributed by atoms with Crippen LogP contribution in [0.1, 0.15) is 22.7 Å². The molecule has 0 radical (unpaired) electrons. The summed E-state index contributed by atoms with van der Waals surface area (Å²) in [7, 11) is 1.56. The second-order valence-electron chi connectivity index (χ2n) is 6.63. The summed E-state index contributed by atoms with van der Waals surface area (Å²) in [4.78, 5) is 12.6. The van der Waals surface area contributed by atoms with Gasteiger partial charge >= 0.3 is 0 Å². The molecule has 5 heteroatoms. The van der Waals surface area contributed by atoms with Crippen molar-refractivity contribution in [1.29, 1.82) is 0 Å². The maximum absolute atomic E-state index is 12.6. The van der Waals surface area contributed by atoms with Crippen molar-refractivity contribution in [2.75, 3.05) is 19.0 Å². The van der Waals surface area contributed by atoms with Crippen LogP contribution >= 0.6 is 11.6 Å². The number of anilines is 1. The fraction of sp³-hybridized carbons (Fsp3) is 0.174. The lowest BCUT2D eigenvalue weighted by Gasteiger charge is -2.17. The predicted octanol–water partition coefficient (Wildman–Crippen LogP) is 3.95. The van der Waals surface area contributed by atoms with E-state index in [4.69, 9.17) is 16.3 Å². The van der Waals surface area contributed by atoms with E-state index in [1.807, 2.05) is 23.5 Å². The Morgan fingerprint density at radius 2 is 1.71 bits per heavy atom. The highest BCUT2D eigenvalue weighted by atomic mass is 35.5. The summed E-state index contributed by atoms with van der Waals surface area (Å²) in [5.41, 5.74) is 4.09. The van der Waals surface area contributed by atoms with Crippen molar-refractivity contribution in [1.82, 2.24) is 0 Å². The van der Waals surface area contributed by atoms with Gasteiger partial charge in [0.2, 0.25) is 0 Å². The highest BCUT2D eigenvalue weighted by molar-refractivity contribution is 6.31. The first-order chi connectivity index (χ1) is 13.6. The molecule has 0 saturated carbocycles. The zero-order chi connectivity index (χ0) is 19.9. The quantitative estimate of drug-likeness (QED) is 0.636. The van der Waals surface area contributed by atoms with Crippen molar-refractivity contribution in [3.8, 4) is 5.75 Å². The lowest BCUT2D eigenvalue weighted by Crippen LogP contribution is -2.87. The van der Waals surface area contributed by atoms with E-state index in [0.717, 1.165) is 11.1 Å². The first-order valence-corrected chi connectivity index (χ1v) is 9.53. The number of halogens is 1. The number of quaternary nitrogens is 1. The van der Waals surface area contributed by atoms with Crippen LogP contribution < -0.4 is 15.4 Å². The van der Waals surface area contributed by atoms with E-state index in [1.165, 1.54) is 5.56 Å². The molecule has 144 valence electrons. The van der Waals surface area contributed by atoms with E-state index in [1.54, 1.807) is 25.3 Å². The zero-order valence-corrected chi connectivity index (χ0v) is 16.7. The van der Waals surface area contributed by atoms with Crippen LogP contribution in [0, 0.1) is 6.92 Å². The van der Waals surface area contributed by atoms with Gasteiger partial charge in [0.1, 0.15) is 11.8 Å². The molecule has 0 saturated heterocycles. The van der Waals surface area contributed by atoms with Gasteiger partial charge in [-0.15, -0.1) is 0 Å². The average molecular weight is 396 g/mol. The van der Waals surface area contributed by atoms with Gasteiger partial charge in [0.05, 0.1) is 12.8 Å². The minimum absolute atomic E-state index is 0.0359. The molecule has 1 amide bonds. The molecule has 0 aliphatic rings. The van der Waals surface area contributed by atoms with Crippen LogP contribution in [0.15, 0.2) is 72.8 Å². The number of rotatable bonds is 7. The third kappa shape index (κ3) is 5.12.